The molecule has 4 heteroatoms. The van der Waals surface area contributed by atoms with Crippen molar-refractivity contribution in [3.63, 3.8) is 0 Å². The quantitative estimate of drug-likeness (QED) is 0.514. The van der Waals surface area contributed by atoms with Crippen LogP contribution >= 0.6 is 11.6 Å². The molecule has 0 rings (SSSR count). The van der Waals surface area contributed by atoms with Crippen molar-refractivity contribution in [3.8, 4) is 0 Å². The van der Waals surface area contributed by atoms with E-state index in [9.17, 15) is 4.79 Å². The second-order valence-electron chi connectivity index (χ2n) is 2.26. The molecule has 0 aromatic rings. The Labute approximate surface area is 71.3 Å². The first-order valence-electron chi connectivity index (χ1n) is 3.54. The molecule has 0 aromatic heterocycles. The first kappa shape index (κ1) is 10.7. The number of aliphatic hydroxyl groups is 1. The fourth-order valence-electron chi connectivity index (χ4n) is 0.564. The zero-order chi connectivity index (χ0) is 8.85. The zero-order valence-corrected chi connectivity index (χ0v) is 7.47. The van der Waals surface area contributed by atoms with Crippen molar-refractivity contribution in [3.05, 3.63) is 0 Å². The molecule has 0 aliphatic heterocycles. The lowest BCUT2D eigenvalue weighted by Crippen LogP contribution is -2.28. The van der Waals surface area contributed by atoms with Crippen molar-refractivity contribution in [2.45, 2.75) is 20.0 Å². The predicted molar refractivity (Wildman–Crippen MR) is 42.5 cm³/mol. The van der Waals surface area contributed by atoms with Crippen molar-refractivity contribution in [1.29, 1.82) is 0 Å². The van der Waals surface area contributed by atoms with Gasteiger partial charge in [0.15, 0.2) is 0 Å². The fourth-order valence-corrected chi connectivity index (χ4v) is 0.832. The van der Waals surface area contributed by atoms with Crippen LogP contribution in [-0.4, -0.2) is 29.7 Å². The van der Waals surface area contributed by atoms with Crippen molar-refractivity contribution in [2.75, 3.05) is 12.5 Å². The molecule has 0 saturated carbocycles. The molecule has 0 aromatic carbocycles. The Morgan fingerprint density at radius 3 is 2.64 bits per heavy atom. The van der Waals surface area contributed by atoms with Gasteiger partial charge >= 0.3 is 5.97 Å². The lowest BCUT2D eigenvalue weighted by molar-refractivity contribution is -0.150. The van der Waals surface area contributed by atoms with Gasteiger partial charge in [-0.3, -0.25) is 4.79 Å². The highest BCUT2D eigenvalue weighted by Gasteiger charge is 2.21. The minimum absolute atomic E-state index is 0.0555. The fraction of sp³-hybridized carbons (Fsp3) is 0.857. The number of alkyl halides is 1. The Hall–Kier alpha value is -0.280. The summed E-state index contributed by atoms with van der Waals surface area (Å²) in [6.45, 7) is 3.64. The van der Waals surface area contributed by atoms with Crippen LogP contribution in [0.3, 0.4) is 0 Å². The van der Waals surface area contributed by atoms with Crippen LogP contribution in [0.15, 0.2) is 0 Å². The number of rotatable bonds is 4. The monoisotopic (exact) mass is 180 g/mol. The summed E-state index contributed by atoms with van der Waals surface area (Å²) in [7, 11) is 0. The molecule has 0 radical (unpaired) electrons. The Morgan fingerprint density at radius 2 is 2.27 bits per heavy atom. The largest absolute Gasteiger partial charge is 0.466 e. The normalized spacial score (nSPS) is 15.6. The highest BCUT2D eigenvalue weighted by Crippen LogP contribution is 2.06. The first-order chi connectivity index (χ1) is 5.13. The average molecular weight is 181 g/mol. The van der Waals surface area contributed by atoms with Crippen LogP contribution < -0.4 is 0 Å². The molecule has 2 atom stereocenters. The van der Waals surface area contributed by atoms with Gasteiger partial charge in [-0.2, -0.15) is 0 Å². The molecule has 1 N–H and O–H groups in total. The predicted octanol–water partition coefficient (Wildman–Crippen LogP) is 0.785. The lowest BCUT2D eigenvalue weighted by Gasteiger charge is -2.13. The summed E-state index contributed by atoms with van der Waals surface area (Å²) in [6.07, 6.45) is -0.810. The third-order valence-corrected chi connectivity index (χ3v) is 1.71. The van der Waals surface area contributed by atoms with E-state index in [1.165, 1.54) is 0 Å². The zero-order valence-electron chi connectivity index (χ0n) is 6.71. The molecule has 0 fully saturated rings. The van der Waals surface area contributed by atoms with Crippen molar-refractivity contribution in [1.82, 2.24) is 0 Å². The van der Waals surface area contributed by atoms with Crippen LogP contribution in [0.2, 0.25) is 0 Å². The molecule has 3 nitrogen and oxygen atoms in total. The number of aliphatic hydroxyl groups excluding tert-OH is 1. The molecule has 1 unspecified atom stereocenters. The van der Waals surface area contributed by atoms with E-state index in [4.69, 9.17) is 16.7 Å². The number of hydrogen-bond donors (Lipinski definition) is 1. The topological polar surface area (TPSA) is 46.5 Å². The van der Waals surface area contributed by atoms with E-state index in [0.717, 1.165) is 0 Å². The van der Waals surface area contributed by atoms with Gasteiger partial charge in [0, 0.05) is 5.88 Å². The summed E-state index contributed by atoms with van der Waals surface area (Å²) in [5, 5.41) is 9.09. The molecule has 66 valence electrons. The average Bonchev–Trinajstić information content (AvgIpc) is 2.02. The van der Waals surface area contributed by atoms with Crippen LogP contribution in [0, 0.1) is 5.92 Å². The molecular formula is C7H13ClO3. The summed E-state index contributed by atoms with van der Waals surface area (Å²) in [5.41, 5.74) is 0. The van der Waals surface area contributed by atoms with Crippen molar-refractivity contribution < 1.29 is 14.6 Å². The Kier molecular flexibility index (Phi) is 5.24. The van der Waals surface area contributed by atoms with E-state index in [-0.39, 0.29) is 5.88 Å². The molecule has 0 spiro atoms. The minimum atomic E-state index is -0.810. The summed E-state index contributed by atoms with van der Waals surface area (Å²) in [4.78, 5) is 10.9. The summed E-state index contributed by atoms with van der Waals surface area (Å²) in [6, 6.07) is 0. The van der Waals surface area contributed by atoms with Gasteiger partial charge in [-0.1, -0.05) is 0 Å². The minimum Gasteiger partial charge on any atom is -0.466 e. The van der Waals surface area contributed by atoms with Gasteiger partial charge in [0.25, 0.3) is 0 Å². The highest BCUT2D eigenvalue weighted by molar-refractivity contribution is 6.18. The molecule has 0 aliphatic rings. The van der Waals surface area contributed by atoms with Gasteiger partial charge in [0.1, 0.15) is 0 Å². The second-order valence-corrected chi connectivity index (χ2v) is 2.57. The maximum atomic E-state index is 10.9. The standard InChI is InChI=1S/C7H13ClO3/c1-3-11-7(10)5(2)6(9)4-8/h5-6,9H,3-4H2,1-2H3/t5?,6-/m0/s1. The van der Waals surface area contributed by atoms with Crippen LogP contribution in [-0.2, 0) is 9.53 Å². The molecular weight excluding hydrogens is 168 g/mol. The molecule has 0 amide bonds. The lowest BCUT2D eigenvalue weighted by atomic mass is 10.1. The Morgan fingerprint density at radius 1 is 1.73 bits per heavy atom. The van der Waals surface area contributed by atoms with Gasteiger partial charge in [-0.15, -0.1) is 11.6 Å². The van der Waals surface area contributed by atoms with E-state index in [2.05, 4.69) is 4.74 Å². The highest BCUT2D eigenvalue weighted by atomic mass is 35.5. The number of carbonyl (C=O) groups is 1. The smallest absolute Gasteiger partial charge is 0.311 e. The van der Waals surface area contributed by atoms with E-state index < -0.39 is 18.0 Å². The molecule has 0 heterocycles. The maximum absolute atomic E-state index is 10.9. The van der Waals surface area contributed by atoms with Gasteiger partial charge in [-0.05, 0) is 13.8 Å². The number of ether oxygens (including phenoxy) is 1. The molecule has 0 bridgehead atoms. The number of esters is 1. The van der Waals surface area contributed by atoms with E-state index in [1.807, 2.05) is 0 Å². The van der Waals surface area contributed by atoms with Crippen LogP contribution in [0.4, 0.5) is 0 Å². The molecule has 0 aliphatic carbocycles. The van der Waals surface area contributed by atoms with Gasteiger partial charge in [-0.25, -0.2) is 0 Å². The number of carbonyl (C=O) groups excluding carboxylic acids is 1. The number of halogens is 1. The van der Waals surface area contributed by atoms with Gasteiger partial charge < -0.3 is 9.84 Å². The Balaban J connectivity index is 3.80. The summed E-state index contributed by atoms with van der Waals surface area (Å²) < 4.78 is 4.67. The van der Waals surface area contributed by atoms with Crippen LogP contribution in [0.1, 0.15) is 13.8 Å². The summed E-state index contributed by atoms with van der Waals surface area (Å²) >= 11 is 5.33. The van der Waals surface area contributed by atoms with Crippen LogP contribution in [0.5, 0.6) is 0 Å². The van der Waals surface area contributed by atoms with E-state index >= 15 is 0 Å². The molecule has 11 heavy (non-hydrogen) atoms. The SMILES string of the molecule is CCOC(=O)C(C)[C@@H](O)CCl. The third-order valence-electron chi connectivity index (χ3n) is 1.39. The maximum Gasteiger partial charge on any atom is 0.311 e. The summed E-state index contributed by atoms with van der Waals surface area (Å²) in [5.74, 6) is -0.881. The van der Waals surface area contributed by atoms with Crippen molar-refractivity contribution in [2.24, 2.45) is 5.92 Å². The van der Waals surface area contributed by atoms with Crippen molar-refractivity contribution >= 4 is 17.6 Å². The van der Waals surface area contributed by atoms with E-state index in [1.54, 1.807) is 13.8 Å². The second kappa shape index (κ2) is 5.38. The van der Waals surface area contributed by atoms with E-state index in [0.29, 0.717) is 6.61 Å². The van der Waals surface area contributed by atoms with Gasteiger partial charge in [0.05, 0.1) is 18.6 Å². The number of hydrogen-bond acceptors (Lipinski definition) is 3. The third kappa shape index (κ3) is 3.58. The van der Waals surface area contributed by atoms with Gasteiger partial charge in [0.2, 0.25) is 0 Å². The Bertz CT molecular complexity index is 127. The van der Waals surface area contributed by atoms with Crippen LogP contribution in [0.25, 0.3) is 0 Å². The first-order valence-corrected chi connectivity index (χ1v) is 4.07. The molecule has 0 saturated heterocycles.